The van der Waals surface area contributed by atoms with E-state index in [1.165, 1.54) is 28.3 Å². The molecule has 1 saturated carbocycles. The predicted octanol–water partition coefficient (Wildman–Crippen LogP) is 4.13. The minimum Gasteiger partial charge on any atom is -0.393 e. The smallest absolute Gasteiger partial charge is 0.393 e. The molecule has 276 valence electrons. The van der Waals surface area contributed by atoms with E-state index in [-0.39, 0.29) is 54.5 Å². The lowest BCUT2D eigenvalue weighted by Gasteiger charge is -2.38. The maximum atomic E-state index is 15.2. The van der Waals surface area contributed by atoms with Crippen molar-refractivity contribution in [1.82, 2.24) is 34.8 Å². The molecule has 0 radical (unpaired) electrons. The second-order valence-electron chi connectivity index (χ2n) is 14.5. The first-order valence-corrected chi connectivity index (χ1v) is 16.9. The molecular formula is C35H37F5N8O4. The van der Waals surface area contributed by atoms with Crippen LogP contribution >= 0.6 is 0 Å². The summed E-state index contributed by atoms with van der Waals surface area (Å²) in [6, 6.07) is 5.68. The van der Waals surface area contributed by atoms with Crippen LogP contribution in [0.1, 0.15) is 82.8 Å². The topological polar surface area (TPSA) is 150 Å². The van der Waals surface area contributed by atoms with Crippen molar-refractivity contribution >= 4 is 17.5 Å². The molecule has 2 amide bonds. The SMILES string of the molecule is CC1(C)Cc2c(c(C(F)(F)F)nn2-c2cc3c(c(NC4CCC(O)CC4)c2)C(=O)N(CC(O)(Cn2cncn2)c2ccc(F)cc2F)CC3)C(=O)N1. The number of rotatable bonds is 8. The molecule has 4 N–H and O–H groups in total. The molecule has 3 aliphatic rings. The number of hydrogen-bond acceptors (Lipinski definition) is 8. The van der Waals surface area contributed by atoms with Gasteiger partial charge in [0.05, 0.1) is 41.7 Å². The number of aliphatic hydroxyl groups excluding tert-OH is 1. The lowest BCUT2D eigenvalue weighted by atomic mass is 9.89. The number of hydrogen-bond donors (Lipinski definition) is 4. The fourth-order valence-corrected chi connectivity index (χ4v) is 7.56. The molecule has 1 unspecified atom stereocenters. The van der Waals surface area contributed by atoms with E-state index in [2.05, 4.69) is 25.8 Å². The Morgan fingerprint density at radius 1 is 1.04 bits per heavy atom. The van der Waals surface area contributed by atoms with Gasteiger partial charge in [0.15, 0.2) is 5.69 Å². The Hall–Kier alpha value is -4.90. The van der Waals surface area contributed by atoms with E-state index in [0.717, 1.165) is 16.8 Å². The van der Waals surface area contributed by atoms with Crippen LogP contribution in [0.15, 0.2) is 43.0 Å². The zero-order chi connectivity index (χ0) is 37.2. The predicted molar refractivity (Wildman–Crippen MR) is 176 cm³/mol. The highest BCUT2D eigenvalue weighted by Crippen LogP contribution is 2.39. The van der Waals surface area contributed by atoms with Crippen LogP contribution in [0.3, 0.4) is 0 Å². The van der Waals surface area contributed by atoms with Crippen LogP contribution in [0, 0.1) is 11.6 Å². The van der Waals surface area contributed by atoms with Crippen LogP contribution in [0.5, 0.6) is 0 Å². The van der Waals surface area contributed by atoms with Gasteiger partial charge in [0.1, 0.15) is 29.9 Å². The summed E-state index contributed by atoms with van der Waals surface area (Å²) < 4.78 is 74.3. The monoisotopic (exact) mass is 728 g/mol. The lowest BCUT2D eigenvalue weighted by molar-refractivity contribution is -0.141. The number of fused-ring (bicyclic) bond motifs is 2. The van der Waals surface area contributed by atoms with Crippen LogP contribution in [0.25, 0.3) is 5.69 Å². The molecule has 2 aromatic carbocycles. The Morgan fingerprint density at radius 3 is 2.46 bits per heavy atom. The highest BCUT2D eigenvalue weighted by atomic mass is 19.4. The molecule has 2 aliphatic heterocycles. The summed E-state index contributed by atoms with van der Waals surface area (Å²) in [6.07, 6.45) is -0.487. The first kappa shape index (κ1) is 35.5. The van der Waals surface area contributed by atoms with Crippen LogP contribution in [-0.4, -0.2) is 82.2 Å². The number of anilines is 1. The Bertz CT molecular complexity index is 2020. The van der Waals surface area contributed by atoms with Gasteiger partial charge < -0.3 is 25.7 Å². The molecule has 12 nitrogen and oxygen atoms in total. The quantitative estimate of drug-likeness (QED) is 0.198. The van der Waals surface area contributed by atoms with E-state index in [9.17, 15) is 37.4 Å². The summed E-state index contributed by atoms with van der Waals surface area (Å²) in [6.45, 7) is 2.69. The number of carbonyl (C=O) groups is 2. The number of amides is 2. The fraction of sp³-hybridized carbons (Fsp3) is 0.457. The molecule has 17 heteroatoms. The Balaban J connectivity index is 1.31. The number of aromatic nitrogens is 5. The van der Waals surface area contributed by atoms with Gasteiger partial charge in [-0.1, -0.05) is 6.07 Å². The summed E-state index contributed by atoms with van der Waals surface area (Å²) in [5, 5.41) is 36.1. The van der Waals surface area contributed by atoms with Gasteiger partial charge in [-0.15, -0.1) is 0 Å². The second-order valence-corrected chi connectivity index (χ2v) is 14.5. The van der Waals surface area contributed by atoms with Crippen molar-refractivity contribution in [3.05, 3.63) is 88.3 Å². The van der Waals surface area contributed by atoms with Crippen molar-refractivity contribution in [2.45, 2.75) is 88.4 Å². The van der Waals surface area contributed by atoms with E-state index < -0.39 is 64.7 Å². The molecule has 0 bridgehead atoms. The molecule has 0 spiro atoms. The number of halogens is 5. The summed E-state index contributed by atoms with van der Waals surface area (Å²) in [5.41, 5.74) is -3.78. The van der Waals surface area contributed by atoms with Crippen molar-refractivity contribution in [2.75, 3.05) is 18.4 Å². The zero-order valence-electron chi connectivity index (χ0n) is 28.3. The van der Waals surface area contributed by atoms with Crippen molar-refractivity contribution in [3.8, 4) is 5.69 Å². The van der Waals surface area contributed by atoms with E-state index in [4.69, 9.17) is 0 Å². The third kappa shape index (κ3) is 6.74. The Morgan fingerprint density at radius 2 is 1.79 bits per heavy atom. The van der Waals surface area contributed by atoms with Gasteiger partial charge in [0.25, 0.3) is 11.8 Å². The molecule has 1 fully saturated rings. The van der Waals surface area contributed by atoms with Crippen molar-refractivity contribution < 1.29 is 41.8 Å². The highest BCUT2D eigenvalue weighted by Gasteiger charge is 2.46. The van der Waals surface area contributed by atoms with E-state index in [1.807, 2.05) is 0 Å². The number of benzene rings is 2. The van der Waals surface area contributed by atoms with Gasteiger partial charge in [0, 0.05) is 41.9 Å². The van der Waals surface area contributed by atoms with Crippen LogP contribution in [0.2, 0.25) is 0 Å². The number of aliphatic hydroxyl groups is 2. The first-order chi connectivity index (χ1) is 24.5. The van der Waals surface area contributed by atoms with Crippen molar-refractivity contribution in [2.24, 2.45) is 0 Å². The van der Waals surface area contributed by atoms with E-state index in [1.54, 1.807) is 19.9 Å². The van der Waals surface area contributed by atoms with Crippen LogP contribution in [-0.2, 0) is 31.2 Å². The van der Waals surface area contributed by atoms with Crippen molar-refractivity contribution in [1.29, 1.82) is 0 Å². The Labute approximate surface area is 294 Å². The molecule has 4 heterocycles. The standard InChI is InChI=1S/C35H37F5N8O4/c1-33(2)14-27-29(31(50)44-33)30(35(38,39)40)45-48(27)22-11-19-9-10-46(32(51)28(19)26(13-22)43-21-4-6-23(49)7-5-21)15-34(52,16-47-18-41-17-42-47)24-8-3-20(36)12-25(24)37/h3,8,11-13,17-18,21,23,43,49,52H,4-7,9-10,14-16H2,1-2H3,(H,44,50). The average molecular weight is 729 g/mol. The molecule has 2 aromatic heterocycles. The van der Waals surface area contributed by atoms with Gasteiger partial charge in [-0.25, -0.2) is 23.1 Å². The van der Waals surface area contributed by atoms with Crippen molar-refractivity contribution in [3.63, 3.8) is 0 Å². The minimum atomic E-state index is -4.92. The highest BCUT2D eigenvalue weighted by molar-refractivity contribution is 6.03. The first-order valence-electron chi connectivity index (χ1n) is 16.9. The molecule has 52 heavy (non-hydrogen) atoms. The summed E-state index contributed by atoms with van der Waals surface area (Å²) in [5.74, 6) is -3.29. The summed E-state index contributed by atoms with van der Waals surface area (Å²) >= 11 is 0. The number of nitrogens with zero attached hydrogens (tertiary/aromatic N) is 6. The van der Waals surface area contributed by atoms with E-state index >= 15 is 4.39 Å². The summed E-state index contributed by atoms with van der Waals surface area (Å²) in [7, 11) is 0. The normalized spacial score (nSPS) is 21.3. The van der Waals surface area contributed by atoms with Gasteiger partial charge in [0.2, 0.25) is 0 Å². The molecule has 7 rings (SSSR count). The van der Waals surface area contributed by atoms with Crippen LogP contribution in [0.4, 0.5) is 27.6 Å². The zero-order valence-corrected chi connectivity index (χ0v) is 28.3. The largest absolute Gasteiger partial charge is 0.435 e. The molecule has 4 aromatic rings. The third-order valence-electron chi connectivity index (χ3n) is 9.97. The van der Waals surface area contributed by atoms with Gasteiger partial charge in [-0.3, -0.25) is 9.59 Å². The molecule has 0 saturated heterocycles. The minimum absolute atomic E-state index is 0.0350. The number of nitrogens with one attached hydrogen (secondary N) is 2. The lowest BCUT2D eigenvalue weighted by Crippen LogP contribution is -2.50. The second kappa shape index (κ2) is 12.9. The molecule has 1 aliphatic carbocycles. The fourth-order valence-electron chi connectivity index (χ4n) is 7.56. The maximum absolute atomic E-state index is 15.2. The number of alkyl halides is 3. The molecular weight excluding hydrogens is 691 g/mol. The van der Waals surface area contributed by atoms with Crippen LogP contribution < -0.4 is 10.6 Å². The maximum Gasteiger partial charge on any atom is 0.435 e. The number of β-amino-alcohol motifs (C(OH)–C–C–N with tert-alkyl or cyclic N) is 1. The Kier molecular flexibility index (Phi) is 8.84. The van der Waals surface area contributed by atoms with Gasteiger partial charge in [-0.2, -0.15) is 23.4 Å². The van der Waals surface area contributed by atoms with E-state index in [0.29, 0.717) is 43.0 Å². The third-order valence-corrected chi connectivity index (χ3v) is 9.97. The van der Waals surface area contributed by atoms with Gasteiger partial charge >= 0.3 is 6.18 Å². The average Bonchev–Trinajstić information content (AvgIpc) is 3.71. The number of carbonyl (C=O) groups excluding carboxylic acids is 2. The molecule has 1 atom stereocenters. The summed E-state index contributed by atoms with van der Waals surface area (Å²) in [4.78, 5) is 32.7. The van der Waals surface area contributed by atoms with Gasteiger partial charge in [-0.05, 0) is 69.7 Å².